The van der Waals surface area contributed by atoms with Crippen LogP contribution in [-0.2, 0) is 0 Å². The molecular formula is C7H15N. The van der Waals surface area contributed by atoms with Gasteiger partial charge in [0.15, 0.2) is 0 Å². The number of hydrogen-bond donors (Lipinski definition) is 1. The Labute approximate surface area is 52.5 Å². The Morgan fingerprint density at radius 2 is 1.88 bits per heavy atom. The molecule has 0 aromatic rings. The molecule has 1 heteroatoms. The highest BCUT2D eigenvalue weighted by molar-refractivity contribution is 4.60. The molecule has 0 aliphatic rings. The molecule has 0 heterocycles. The summed E-state index contributed by atoms with van der Waals surface area (Å²) in [4.78, 5) is 0. The molecule has 0 spiro atoms. The molecule has 0 aliphatic carbocycles. The summed E-state index contributed by atoms with van der Waals surface area (Å²) in [5, 5.41) is 2.70. The summed E-state index contributed by atoms with van der Waals surface area (Å²) in [7, 11) is 5.17. The van der Waals surface area contributed by atoms with Crippen molar-refractivity contribution in [1.82, 2.24) is 5.32 Å². The van der Waals surface area contributed by atoms with Crippen molar-refractivity contribution in [2.45, 2.75) is 33.2 Å². The molecule has 1 nitrogen and oxygen atoms in total. The van der Waals surface area contributed by atoms with E-state index < -0.39 is 0 Å². The van der Waals surface area contributed by atoms with E-state index in [2.05, 4.69) is 26.1 Å². The van der Waals surface area contributed by atoms with Crippen LogP contribution in [0.15, 0.2) is 0 Å². The van der Waals surface area contributed by atoms with Gasteiger partial charge in [-0.05, 0) is 19.3 Å². The second kappa shape index (κ2) is 3.90. The average molecular weight is 113 g/mol. The van der Waals surface area contributed by atoms with E-state index in [0.29, 0.717) is 6.04 Å². The summed E-state index contributed by atoms with van der Waals surface area (Å²) in [6, 6.07) is 0.454. The third kappa shape index (κ3) is 4.13. The van der Waals surface area contributed by atoms with Gasteiger partial charge in [0.25, 0.3) is 0 Å². The predicted octanol–water partition coefficient (Wildman–Crippen LogP) is 1.68. The van der Waals surface area contributed by atoms with E-state index in [0.717, 1.165) is 12.3 Å². The van der Waals surface area contributed by atoms with Crippen LogP contribution in [0.2, 0.25) is 0 Å². The fraction of sp³-hybridized carbons (Fsp3) is 0.857. The summed E-state index contributed by atoms with van der Waals surface area (Å²) in [6.07, 6.45) is 1.15. The molecule has 0 aromatic carbocycles. The Morgan fingerprint density at radius 3 is 2.00 bits per heavy atom. The smallest absolute Gasteiger partial charge is 0.0409 e. The lowest BCUT2D eigenvalue weighted by molar-refractivity contribution is 0.479. The highest BCUT2D eigenvalue weighted by Crippen LogP contribution is 2.02. The first kappa shape index (κ1) is 7.96. The van der Waals surface area contributed by atoms with Crippen LogP contribution in [0.1, 0.15) is 27.2 Å². The molecule has 0 fully saturated rings. The first-order valence-electron chi connectivity index (χ1n) is 3.13. The number of nitrogens with one attached hydrogen (secondary N) is 1. The standard InChI is InChI=1S/C7H15N/c1-6(2)5-7(3)8-4/h4,6-8H,5H2,1-3H3. The van der Waals surface area contributed by atoms with Gasteiger partial charge in [0.05, 0.1) is 0 Å². The van der Waals surface area contributed by atoms with Crippen LogP contribution in [-0.4, -0.2) is 6.04 Å². The minimum absolute atomic E-state index is 0.454. The van der Waals surface area contributed by atoms with E-state index >= 15 is 0 Å². The first-order chi connectivity index (χ1) is 3.66. The topological polar surface area (TPSA) is 12.0 Å². The SMILES string of the molecule is [CH]NC(C)CC(C)C. The summed E-state index contributed by atoms with van der Waals surface area (Å²) in [6.45, 7) is 6.46. The molecule has 0 rings (SSSR count). The molecule has 0 bridgehead atoms. The monoisotopic (exact) mass is 113 g/mol. The molecule has 0 saturated heterocycles. The van der Waals surface area contributed by atoms with Gasteiger partial charge in [0, 0.05) is 13.1 Å². The maximum Gasteiger partial charge on any atom is 0.0409 e. The number of hydrogen-bond acceptors (Lipinski definition) is 1. The Balaban J connectivity index is 3.10. The molecule has 1 unspecified atom stereocenters. The predicted molar refractivity (Wildman–Crippen MR) is 36.4 cm³/mol. The molecular weight excluding hydrogens is 98.1 g/mol. The van der Waals surface area contributed by atoms with Crippen LogP contribution < -0.4 is 5.32 Å². The van der Waals surface area contributed by atoms with Gasteiger partial charge in [0.1, 0.15) is 0 Å². The largest absolute Gasteiger partial charge is 0.308 e. The van der Waals surface area contributed by atoms with Gasteiger partial charge in [-0.2, -0.15) is 0 Å². The maximum absolute atomic E-state index is 5.17. The van der Waals surface area contributed by atoms with Gasteiger partial charge < -0.3 is 5.32 Å². The molecule has 48 valence electrons. The van der Waals surface area contributed by atoms with Crippen LogP contribution in [0.5, 0.6) is 0 Å². The minimum Gasteiger partial charge on any atom is -0.308 e. The van der Waals surface area contributed by atoms with Crippen molar-refractivity contribution < 1.29 is 0 Å². The van der Waals surface area contributed by atoms with Crippen LogP contribution in [0.25, 0.3) is 0 Å². The summed E-state index contributed by atoms with van der Waals surface area (Å²) in [5.41, 5.74) is 0. The lowest BCUT2D eigenvalue weighted by Gasteiger charge is -2.10. The fourth-order valence-electron chi connectivity index (χ4n) is 0.775. The van der Waals surface area contributed by atoms with Crippen molar-refractivity contribution in [3.8, 4) is 0 Å². The molecule has 2 radical (unpaired) electrons. The van der Waals surface area contributed by atoms with Crippen molar-refractivity contribution in [2.24, 2.45) is 5.92 Å². The summed E-state index contributed by atoms with van der Waals surface area (Å²) in [5.74, 6) is 0.737. The Bertz CT molecular complexity index is 50.3. The van der Waals surface area contributed by atoms with E-state index in [1.165, 1.54) is 0 Å². The average Bonchev–Trinajstić information content (AvgIpc) is 1.65. The van der Waals surface area contributed by atoms with Crippen LogP contribution in [0.4, 0.5) is 0 Å². The van der Waals surface area contributed by atoms with E-state index in [1.807, 2.05) is 0 Å². The zero-order valence-electron chi connectivity index (χ0n) is 5.94. The quantitative estimate of drug-likeness (QED) is 0.549. The van der Waals surface area contributed by atoms with Crippen molar-refractivity contribution in [1.29, 1.82) is 0 Å². The second-order valence-electron chi connectivity index (χ2n) is 2.70. The lowest BCUT2D eigenvalue weighted by Crippen LogP contribution is -2.20. The second-order valence-corrected chi connectivity index (χ2v) is 2.70. The van der Waals surface area contributed by atoms with Crippen molar-refractivity contribution in [3.05, 3.63) is 7.05 Å². The molecule has 0 saturated carbocycles. The molecule has 8 heavy (non-hydrogen) atoms. The first-order valence-corrected chi connectivity index (χ1v) is 3.13. The van der Waals surface area contributed by atoms with E-state index in [-0.39, 0.29) is 0 Å². The lowest BCUT2D eigenvalue weighted by atomic mass is 10.1. The van der Waals surface area contributed by atoms with Gasteiger partial charge in [-0.25, -0.2) is 0 Å². The Morgan fingerprint density at radius 1 is 1.38 bits per heavy atom. The Hall–Kier alpha value is -0.0400. The van der Waals surface area contributed by atoms with Gasteiger partial charge in [-0.1, -0.05) is 13.8 Å². The third-order valence-corrected chi connectivity index (χ3v) is 1.11. The molecule has 1 N–H and O–H groups in total. The van der Waals surface area contributed by atoms with Gasteiger partial charge in [0.2, 0.25) is 0 Å². The zero-order valence-corrected chi connectivity index (χ0v) is 5.94. The van der Waals surface area contributed by atoms with E-state index in [9.17, 15) is 0 Å². The molecule has 0 aromatic heterocycles. The van der Waals surface area contributed by atoms with E-state index in [4.69, 9.17) is 7.05 Å². The zero-order chi connectivity index (χ0) is 6.57. The Kier molecular flexibility index (Phi) is 3.88. The highest BCUT2D eigenvalue weighted by Gasteiger charge is 1.99. The normalized spacial score (nSPS) is 14.6. The van der Waals surface area contributed by atoms with Gasteiger partial charge in [-0.15, -0.1) is 0 Å². The minimum atomic E-state index is 0.454. The van der Waals surface area contributed by atoms with Crippen LogP contribution >= 0.6 is 0 Å². The van der Waals surface area contributed by atoms with Crippen molar-refractivity contribution >= 4 is 0 Å². The number of rotatable bonds is 3. The molecule has 0 amide bonds. The van der Waals surface area contributed by atoms with Crippen LogP contribution in [0.3, 0.4) is 0 Å². The van der Waals surface area contributed by atoms with E-state index in [1.54, 1.807) is 0 Å². The summed E-state index contributed by atoms with van der Waals surface area (Å²) < 4.78 is 0. The molecule has 0 aliphatic heterocycles. The molecule has 1 atom stereocenters. The van der Waals surface area contributed by atoms with Crippen molar-refractivity contribution in [3.63, 3.8) is 0 Å². The summed E-state index contributed by atoms with van der Waals surface area (Å²) >= 11 is 0. The third-order valence-electron chi connectivity index (χ3n) is 1.11. The van der Waals surface area contributed by atoms with Crippen molar-refractivity contribution in [2.75, 3.05) is 0 Å². The van der Waals surface area contributed by atoms with Gasteiger partial charge >= 0.3 is 0 Å². The van der Waals surface area contributed by atoms with Crippen LogP contribution in [0, 0.1) is 13.0 Å². The van der Waals surface area contributed by atoms with Gasteiger partial charge in [-0.3, -0.25) is 0 Å². The maximum atomic E-state index is 5.17. The fourth-order valence-corrected chi connectivity index (χ4v) is 0.775. The highest BCUT2D eigenvalue weighted by atomic mass is 14.8.